The number of para-hydroxylation sites is 2. The van der Waals surface area contributed by atoms with E-state index in [-0.39, 0.29) is 11.9 Å². The highest BCUT2D eigenvalue weighted by Crippen LogP contribution is 2.27. The lowest BCUT2D eigenvalue weighted by molar-refractivity contribution is -0.121. The number of benzene rings is 2. The third-order valence-corrected chi connectivity index (χ3v) is 4.91. The zero-order valence-electron chi connectivity index (χ0n) is 15.8. The van der Waals surface area contributed by atoms with Gasteiger partial charge in [-0.3, -0.25) is 4.79 Å². The molecule has 140 valence electrons. The number of aromatic amines is 1. The van der Waals surface area contributed by atoms with Gasteiger partial charge in [-0.1, -0.05) is 38.1 Å². The Morgan fingerprint density at radius 3 is 2.93 bits per heavy atom. The zero-order chi connectivity index (χ0) is 18.8. The van der Waals surface area contributed by atoms with Crippen molar-refractivity contribution in [3.8, 4) is 5.75 Å². The molecule has 2 heterocycles. The predicted octanol–water partition coefficient (Wildman–Crippen LogP) is 3.94. The lowest BCUT2D eigenvalue weighted by atomic mass is 10.0. The number of hydrogen-bond donors (Lipinski definition) is 2. The molecule has 1 aliphatic heterocycles. The molecule has 2 aromatic carbocycles. The third-order valence-electron chi connectivity index (χ3n) is 4.91. The van der Waals surface area contributed by atoms with Gasteiger partial charge in [-0.2, -0.15) is 0 Å². The topological polar surface area (TPSA) is 67.0 Å². The van der Waals surface area contributed by atoms with Crippen LogP contribution in [0.2, 0.25) is 0 Å². The Morgan fingerprint density at radius 1 is 1.26 bits per heavy atom. The van der Waals surface area contributed by atoms with Gasteiger partial charge in [0.25, 0.3) is 0 Å². The van der Waals surface area contributed by atoms with E-state index in [2.05, 4.69) is 35.2 Å². The summed E-state index contributed by atoms with van der Waals surface area (Å²) in [5.41, 5.74) is 4.11. The number of nitrogens with one attached hydrogen (secondary N) is 2. The maximum atomic E-state index is 12.7. The predicted molar refractivity (Wildman–Crippen MR) is 106 cm³/mol. The molecule has 1 atom stereocenters. The van der Waals surface area contributed by atoms with Crippen LogP contribution in [0.4, 0.5) is 0 Å². The first-order valence-corrected chi connectivity index (χ1v) is 9.57. The molecule has 1 aromatic heterocycles. The smallest absolute Gasteiger partial charge is 0.225 e. The summed E-state index contributed by atoms with van der Waals surface area (Å²) in [6.45, 7) is 5.03. The van der Waals surface area contributed by atoms with E-state index in [1.807, 2.05) is 36.4 Å². The molecule has 0 unspecified atom stereocenters. The lowest BCUT2D eigenvalue weighted by Gasteiger charge is -2.19. The van der Waals surface area contributed by atoms with Crippen molar-refractivity contribution in [2.75, 3.05) is 6.61 Å². The Bertz CT molecular complexity index is 928. The van der Waals surface area contributed by atoms with Gasteiger partial charge in [0.2, 0.25) is 5.91 Å². The van der Waals surface area contributed by atoms with E-state index in [9.17, 15) is 4.79 Å². The van der Waals surface area contributed by atoms with Crippen LogP contribution in [0, 0.1) is 5.92 Å². The standard InChI is InChI=1S/C22H25N3O2/c1-14(2)11-19(22-24-17-5-3-4-6-18(17)25-22)23-21(26)13-15-7-8-16-9-10-27-20(16)12-15/h3-8,12,14,19H,9-11,13H2,1-2H3,(H,23,26)(H,24,25)/t19-/m1/s1. The molecule has 0 saturated carbocycles. The number of ether oxygens (including phenoxy) is 1. The first kappa shape index (κ1) is 17.6. The fraction of sp³-hybridized carbons (Fsp3) is 0.364. The molecule has 0 aliphatic carbocycles. The Balaban J connectivity index is 1.50. The fourth-order valence-electron chi connectivity index (χ4n) is 3.60. The van der Waals surface area contributed by atoms with Crippen LogP contribution in [0.1, 0.15) is 43.3 Å². The molecule has 5 heteroatoms. The van der Waals surface area contributed by atoms with Gasteiger partial charge in [0.15, 0.2) is 0 Å². The van der Waals surface area contributed by atoms with Crippen molar-refractivity contribution >= 4 is 16.9 Å². The van der Waals surface area contributed by atoms with Gasteiger partial charge in [-0.05, 0) is 41.7 Å². The molecule has 0 bridgehead atoms. The molecule has 1 amide bonds. The molecule has 4 rings (SSSR count). The average molecular weight is 363 g/mol. The largest absolute Gasteiger partial charge is 0.493 e. The molecule has 0 radical (unpaired) electrons. The van der Waals surface area contributed by atoms with Gasteiger partial charge >= 0.3 is 0 Å². The van der Waals surface area contributed by atoms with Crippen LogP contribution in [-0.4, -0.2) is 22.5 Å². The summed E-state index contributed by atoms with van der Waals surface area (Å²) >= 11 is 0. The number of hydrogen-bond acceptors (Lipinski definition) is 3. The number of fused-ring (bicyclic) bond motifs is 2. The third kappa shape index (κ3) is 3.97. The molecule has 0 spiro atoms. The SMILES string of the molecule is CC(C)C[C@@H](NC(=O)Cc1ccc2c(c1)OCC2)c1nc2ccccc2[nH]1. The van der Waals surface area contributed by atoms with E-state index in [1.165, 1.54) is 5.56 Å². The number of rotatable bonds is 6. The highest BCUT2D eigenvalue weighted by molar-refractivity contribution is 5.79. The van der Waals surface area contributed by atoms with E-state index in [0.717, 1.165) is 47.6 Å². The first-order chi connectivity index (χ1) is 13.1. The summed E-state index contributed by atoms with van der Waals surface area (Å²) in [6.07, 6.45) is 2.12. The number of nitrogens with zero attached hydrogens (tertiary/aromatic N) is 1. The summed E-state index contributed by atoms with van der Waals surface area (Å²) in [6, 6.07) is 13.9. The summed E-state index contributed by atoms with van der Waals surface area (Å²) in [7, 11) is 0. The number of H-pyrrole nitrogens is 1. The van der Waals surface area contributed by atoms with Crippen LogP contribution < -0.4 is 10.1 Å². The molecule has 2 N–H and O–H groups in total. The van der Waals surface area contributed by atoms with E-state index in [0.29, 0.717) is 12.3 Å². The molecule has 27 heavy (non-hydrogen) atoms. The Morgan fingerprint density at radius 2 is 2.11 bits per heavy atom. The van der Waals surface area contributed by atoms with E-state index < -0.39 is 0 Å². The van der Waals surface area contributed by atoms with Crippen molar-refractivity contribution in [2.45, 2.75) is 39.2 Å². The minimum Gasteiger partial charge on any atom is -0.493 e. The van der Waals surface area contributed by atoms with Crippen molar-refractivity contribution < 1.29 is 9.53 Å². The summed E-state index contributed by atoms with van der Waals surface area (Å²) in [5, 5.41) is 3.17. The molecule has 1 aliphatic rings. The van der Waals surface area contributed by atoms with Crippen molar-refractivity contribution in [3.63, 3.8) is 0 Å². The van der Waals surface area contributed by atoms with Gasteiger partial charge in [-0.25, -0.2) is 4.98 Å². The van der Waals surface area contributed by atoms with Crippen LogP contribution in [-0.2, 0) is 17.6 Å². The summed E-state index contributed by atoms with van der Waals surface area (Å²) < 4.78 is 5.61. The number of carbonyl (C=O) groups excluding carboxylic acids is 1. The number of imidazole rings is 1. The molecular weight excluding hydrogens is 338 g/mol. The van der Waals surface area contributed by atoms with Gasteiger partial charge in [0.05, 0.1) is 30.1 Å². The fourth-order valence-corrected chi connectivity index (χ4v) is 3.60. The first-order valence-electron chi connectivity index (χ1n) is 9.57. The zero-order valence-corrected chi connectivity index (χ0v) is 15.8. The average Bonchev–Trinajstić information content (AvgIpc) is 3.26. The quantitative estimate of drug-likeness (QED) is 0.697. The Labute approximate surface area is 159 Å². The van der Waals surface area contributed by atoms with Gasteiger partial charge < -0.3 is 15.0 Å². The van der Waals surface area contributed by atoms with Crippen LogP contribution in [0.3, 0.4) is 0 Å². The molecule has 0 saturated heterocycles. The van der Waals surface area contributed by atoms with Crippen molar-refractivity contribution in [1.82, 2.24) is 15.3 Å². The Kier molecular flexibility index (Phi) is 4.84. The highest BCUT2D eigenvalue weighted by Gasteiger charge is 2.20. The van der Waals surface area contributed by atoms with Crippen LogP contribution >= 0.6 is 0 Å². The number of amides is 1. The van der Waals surface area contributed by atoms with E-state index in [1.54, 1.807) is 0 Å². The molecular formula is C22H25N3O2. The maximum absolute atomic E-state index is 12.7. The van der Waals surface area contributed by atoms with Crippen LogP contribution in [0.5, 0.6) is 5.75 Å². The minimum atomic E-state index is -0.129. The van der Waals surface area contributed by atoms with E-state index >= 15 is 0 Å². The second-order valence-corrected chi connectivity index (χ2v) is 7.61. The number of carbonyl (C=O) groups is 1. The molecule has 3 aromatic rings. The van der Waals surface area contributed by atoms with Gasteiger partial charge in [0.1, 0.15) is 11.6 Å². The Hall–Kier alpha value is -2.82. The summed E-state index contributed by atoms with van der Waals surface area (Å²) in [4.78, 5) is 20.7. The van der Waals surface area contributed by atoms with Gasteiger partial charge in [0, 0.05) is 6.42 Å². The molecule has 0 fully saturated rings. The monoisotopic (exact) mass is 363 g/mol. The maximum Gasteiger partial charge on any atom is 0.225 e. The summed E-state index contributed by atoms with van der Waals surface area (Å²) in [5.74, 6) is 2.17. The lowest BCUT2D eigenvalue weighted by Crippen LogP contribution is -2.31. The van der Waals surface area contributed by atoms with Crippen molar-refractivity contribution in [2.24, 2.45) is 5.92 Å². The second kappa shape index (κ2) is 7.43. The van der Waals surface area contributed by atoms with Crippen LogP contribution in [0.15, 0.2) is 42.5 Å². The van der Waals surface area contributed by atoms with E-state index in [4.69, 9.17) is 4.74 Å². The second-order valence-electron chi connectivity index (χ2n) is 7.61. The minimum absolute atomic E-state index is 0.000877. The van der Waals surface area contributed by atoms with Crippen molar-refractivity contribution in [1.29, 1.82) is 0 Å². The normalized spacial score (nSPS) is 14.2. The van der Waals surface area contributed by atoms with Crippen LogP contribution in [0.25, 0.3) is 11.0 Å². The van der Waals surface area contributed by atoms with Gasteiger partial charge in [-0.15, -0.1) is 0 Å². The van der Waals surface area contributed by atoms with Crippen molar-refractivity contribution in [3.05, 3.63) is 59.4 Å². The highest BCUT2D eigenvalue weighted by atomic mass is 16.5. The molecule has 5 nitrogen and oxygen atoms in total. The number of aromatic nitrogens is 2.